The van der Waals surface area contributed by atoms with Gasteiger partial charge in [-0.25, -0.2) is 18.2 Å². The van der Waals surface area contributed by atoms with Crippen molar-refractivity contribution < 1.29 is 32.3 Å². The predicted octanol–water partition coefficient (Wildman–Crippen LogP) is 6.65. The maximum atomic E-state index is 15.1. The van der Waals surface area contributed by atoms with Gasteiger partial charge in [0.2, 0.25) is 5.91 Å². The number of halogens is 4. The lowest BCUT2D eigenvalue weighted by atomic mass is 9.87. The summed E-state index contributed by atoms with van der Waals surface area (Å²) >= 11 is 6.61. The van der Waals surface area contributed by atoms with Crippen LogP contribution in [0.25, 0.3) is 0 Å². The Kier molecular flexibility index (Phi) is 10.2. The lowest BCUT2D eigenvalue weighted by molar-refractivity contribution is -0.133. The lowest BCUT2D eigenvalue weighted by Crippen LogP contribution is -2.56. The van der Waals surface area contributed by atoms with Crippen LogP contribution in [0.1, 0.15) is 75.0 Å². The number of nitrogens with one attached hydrogen (secondary N) is 1. The third kappa shape index (κ3) is 7.58. The molecule has 2 saturated carbocycles. The van der Waals surface area contributed by atoms with E-state index >= 15 is 4.79 Å². The molecule has 2 aliphatic carbocycles. The second kappa shape index (κ2) is 14.6. The Bertz CT molecular complexity index is 1750. The predicted molar refractivity (Wildman–Crippen MR) is 175 cm³/mol. The summed E-state index contributed by atoms with van der Waals surface area (Å²) in [5, 5.41) is 12.3. The molecule has 3 aliphatic rings. The molecular formula is C36H35ClF3N5O4. The maximum absolute atomic E-state index is 15.1. The molecule has 0 bridgehead atoms. The Morgan fingerprint density at radius 3 is 2.47 bits per heavy atom. The van der Waals surface area contributed by atoms with Gasteiger partial charge in [-0.15, -0.1) is 0 Å². The van der Waals surface area contributed by atoms with E-state index in [4.69, 9.17) is 16.3 Å². The van der Waals surface area contributed by atoms with Gasteiger partial charge in [0.25, 0.3) is 17.7 Å². The second-order valence-corrected chi connectivity index (χ2v) is 13.2. The minimum absolute atomic E-state index is 0.0247. The normalized spacial score (nSPS) is 21.7. The smallest absolute Gasteiger partial charge is 0.258 e. The van der Waals surface area contributed by atoms with Crippen LogP contribution in [0.15, 0.2) is 66.9 Å². The van der Waals surface area contributed by atoms with Crippen LogP contribution in [-0.4, -0.2) is 52.9 Å². The van der Waals surface area contributed by atoms with Crippen LogP contribution in [0.2, 0.25) is 5.02 Å². The number of aromatic nitrogens is 1. The Morgan fingerprint density at radius 1 is 1.06 bits per heavy atom. The molecule has 2 aromatic carbocycles. The van der Waals surface area contributed by atoms with Crippen LogP contribution in [0.5, 0.6) is 0 Å². The molecule has 6 rings (SSSR count). The van der Waals surface area contributed by atoms with Crippen molar-refractivity contribution in [1.82, 2.24) is 10.3 Å². The first-order valence-corrected chi connectivity index (χ1v) is 16.8. The second-order valence-electron chi connectivity index (χ2n) is 12.8. The molecule has 3 atom stereocenters. The summed E-state index contributed by atoms with van der Waals surface area (Å²) in [4.78, 5) is 49.9. The fourth-order valence-electron chi connectivity index (χ4n) is 6.87. The number of carbonyl (C=O) groups excluding carboxylic acids is 3. The van der Waals surface area contributed by atoms with Crippen molar-refractivity contribution in [3.63, 3.8) is 0 Å². The summed E-state index contributed by atoms with van der Waals surface area (Å²) in [6.07, 6.45) is 4.36. The summed E-state index contributed by atoms with van der Waals surface area (Å²) in [6, 6.07) is 12.5. The zero-order chi connectivity index (χ0) is 34.7. The molecule has 1 N–H and O–H groups in total. The molecule has 9 nitrogen and oxygen atoms in total. The third-order valence-electron chi connectivity index (χ3n) is 9.29. The van der Waals surface area contributed by atoms with Crippen molar-refractivity contribution in [2.75, 3.05) is 9.80 Å². The molecule has 1 aromatic heterocycles. The number of hydrogen-bond donors (Lipinski definition) is 1. The molecule has 256 valence electrons. The average molecular weight is 694 g/mol. The van der Waals surface area contributed by atoms with E-state index in [9.17, 15) is 28.0 Å². The zero-order valence-electron chi connectivity index (χ0n) is 26.5. The van der Waals surface area contributed by atoms with Gasteiger partial charge in [0.05, 0.1) is 17.7 Å². The van der Waals surface area contributed by atoms with Gasteiger partial charge in [0, 0.05) is 47.8 Å². The lowest BCUT2D eigenvalue weighted by Gasteiger charge is -2.39. The van der Waals surface area contributed by atoms with Crippen molar-refractivity contribution in [3.05, 3.63) is 88.8 Å². The van der Waals surface area contributed by atoms with Crippen molar-refractivity contribution in [3.8, 4) is 6.07 Å². The molecule has 0 spiro atoms. The summed E-state index contributed by atoms with van der Waals surface area (Å²) in [7, 11) is 0. The molecule has 0 unspecified atom stereocenters. The number of ether oxygens (including phenoxy) is 1. The summed E-state index contributed by atoms with van der Waals surface area (Å²) in [5.74, 6) is -5.74. The third-order valence-corrected chi connectivity index (χ3v) is 9.64. The highest BCUT2D eigenvalue weighted by atomic mass is 35.5. The Hall–Kier alpha value is -4.47. The van der Waals surface area contributed by atoms with E-state index in [2.05, 4.69) is 10.3 Å². The first-order valence-electron chi connectivity index (χ1n) is 16.4. The molecule has 1 saturated heterocycles. The summed E-state index contributed by atoms with van der Waals surface area (Å²) in [5.41, 5.74) is 0.338. The molecule has 49 heavy (non-hydrogen) atoms. The number of alkyl halides is 2. The standard InChI is InChI=1S/C36H35ClF3N5O4/c37-28-13-6-5-12-27(28)32(33(46)43-24-19-36(39,40)20-24)44(25-9-7-8-23(38)17-25)34(47)29-18-30(49-26-10-3-1-2-4-11-26)35(48)45(29)31-16-22(21-41)14-15-42-31/h5-9,12-17,24,26,29-30,32H,1-4,10-11,18-20H2,(H,43,46)/t29-,30-,32-/m0/s1. The number of carbonyl (C=O) groups is 3. The topological polar surface area (TPSA) is 116 Å². The number of nitrogens with zero attached hydrogens (tertiary/aromatic N) is 4. The fourth-order valence-corrected chi connectivity index (χ4v) is 7.11. The fraction of sp³-hybridized carbons (Fsp3) is 0.417. The average Bonchev–Trinajstić information content (AvgIpc) is 3.20. The van der Waals surface area contributed by atoms with E-state index in [0.29, 0.717) is 0 Å². The van der Waals surface area contributed by atoms with Crippen molar-refractivity contribution in [1.29, 1.82) is 5.26 Å². The Labute approximate surface area is 287 Å². The number of rotatable bonds is 9. The Morgan fingerprint density at radius 2 is 1.80 bits per heavy atom. The molecule has 1 aliphatic heterocycles. The van der Waals surface area contributed by atoms with E-state index in [1.54, 1.807) is 12.1 Å². The molecule has 3 fully saturated rings. The zero-order valence-corrected chi connectivity index (χ0v) is 27.3. The molecule has 3 aromatic rings. The number of benzene rings is 2. The number of nitriles is 1. The first-order chi connectivity index (χ1) is 23.5. The quantitative estimate of drug-likeness (QED) is 0.251. The minimum atomic E-state index is -2.93. The monoisotopic (exact) mass is 693 g/mol. The van der Waals surface area contributed by atoms with Gasteiger partial charge in [0.1, 0.15) is 29.8 Å². The van der Waals surface area contributed by atoms with Crippen LogP contribution < -0.4 is 15.1 Å². The molecular weight excluding hydrogens is 659 g/mol. The minimum Gasteiger partial charge on any atom is -0.365 e. The van der Waals surface area contributed by atoms with E-state index in [0.717, 1.165) is 49.5 Å². The molecule has 2 heterocycles. The van der Waals surface area contributed by atoms with E-state index in [1.165, 1.54) is 53.6 Å². The largest absolute Gasteiger partial charge is 0.365 e. The molecule has 0 radical (unpaired) electrons. The first kappa shape index (κ1) is 34.4. The highest BCUT2D eigenvalue weighted by Gasteiger charge is 2.51. The SMILES string of the molecule is N#Cc1ccnc(N2C(=O)[C@@H](OC3CCCCCC3)C[C@H]2C(=O)N(c2cccc(F)c2)[C@H](C(=O)NC2CC(F)(F)C2)c2ccccc2Cl)c1. The van der Waals surface area contributed by atoms with Crippen LogP contribution in [-0.2, 0) is 19.1 Å². The number of amides is 3. The highest BCUT2D eigenvalue weighted by Crippen LogP contribution is 2.40. The van der Waals surface area contributed by atoms with Crippen molar-refractivity contribution in [2.24, 2.45) is 0 Å². The van der Waals surface area contributed by atoms with E-state index in [-0.39, 0.29) is 40.2 Å². The Balaban J connectivity index is 1.44. The maximum Gasteiger partial charge on any atom is 0.258 e. The van der Waals surface area contributed by atoms with Gasteiger partial charge >= 0.3 is 0 Å². The van der Waals surface area contributed by atoms with Crippen LogP contribution in [0.3, 0.4) is 0 Å². The van der Waals surface area contributed by atoms with Gasteiger partial charge in [-0.05, 0) is 49.2 Å². The molecule has 3 amide bonds. The van der Waals surface area contributed by atoms with Gasteiger partial charge in [-0.1, -0.05) is 61.5 Å². The van der Waals surface area contributed by atoms with Crippen molar-refractivity contribution in [2.45, 2.75) is 94.0 Å². The summed E-state index contributed by atoms with van der Waals surface area (Å²) < 4.78 is 48.8. The number of anilines is 2. The van der Waals surface area contributed by atoms with Crippen LogP contribution in [0.4, 0.5) is 24.7 Å². The van der Waals surface area contributed by atoms with Gasteiger partial charge in [-0.3, -0.25) is 24.2 Å². The number of pyridine rings is 1. The van der Waals surface area contributed by atoms with E-state index in [1.807, 2.05) is 6.07 Å². The van der Waals surface area contributed by atoms with E-state index < -0.39 is 66.5 Å². The molecule has 13 heteroatoms. The van der Waals surface area contributed by atoms with Crippen LogP contribution in [0, 0.1) is 17.1 Å². The van der Waals surface area contributed by atoms with Gasteiger partial charge < -0.3 is 10.1 Å². The van der Waals surface area contributed by atoms with Crippen molar-refractivity contribution >= 4 is 40.8 Å². The number of hydrogen-bond acceptors (Lipinski definition) is 6. The summed E-state index contributed by atoms with van der Waals surface area (Å²) in [6.45, 7) is 0. The highest BCUT2D eigenvalue weighted by molar-refractivity contribution is 6.31. The van der Waals surface area contributed by atoms with Gasteiger partial charge in [-0.2, -0.15) is 5.26 Å². The van der Waals surface area contributed by atoms with Crippen LogP contribution >= 0.6 is 11.6 Å². The van der Waals surface area contributed by atoms with Gasteiger partial charge in [0.15, 0.2) is 0 Å².